The van der Waals surface area contributed by atoms with E-state index in [1.807, 2.05) is 24.3 Å². The zero-order valence-corrected chi connectivity index (χ0v) is 16.7. The average Bonchev–Trinajstić information content (AvgIpc) is 3.19. The van der Waals surface area contributed by atoms with E-state index in [0.29, 0.717) is 23.4 Å². The quantitative estimate of drug-likeness (QED) is 0.229. The maximum atomic E-state index is 12.2. The standard InChI is InChI=1S/C23H23N3O4/c1-2-3-6-13-29-17-11-9-16(10-12-17)23(28)30-15-21(27)18(14-24)22-25-19-7-4-5-8-20(19)26-22/h4-5,7-12,27H,2-3,6,13,15H2,1H3,(H,25,26). The Morgan fingerprint density at radius 1 is 1.17 bits per heavy atom. The number of nitrogens with one attached hydrogen (secondary N) is 1. The summed E-state index contributed by atoms with van der Waals surface area (Å²) in [7, 11) is 0. The minimum Gasteiger partial charge on any atom is -0.507 e. The molecule has 0 radical (unpaired) electrons. The molecule has 0 saturated carbocycles. The van der Waals surface area contributed by atoms with Crippen molar-refractivity contribution >= 4 is 22.6 Å². The molecule has 30 heavy (non-hydrogen) atoms. The number of ether oxygens (including phenoxy) is 2. The van der Waals surface area contributed by atoms with Crippen molar-refractivity contribution in [3.05, 3.63) is 65.7 Å². The highest BCUT2D eigenvalue weighted by molar-refractivity contribution is 5.90. The van der Waals surface area contributed by atoms with E-state index in [0.717, 1.165) is 24.8 Å². The van der Waals surface area contributed by atoms with Gasteiger partial charge in [-0.25, -0.2) is 9.78 Å². The number of H-pyrrole nitrogens is 1. The van der Waals surface area contributed by atoms with Gasteiger partial charge in [0, 0.05) is 0 Å². The molecular weight excluding hydrogens is 382 g/mol. The number of carbonyl (C=O) groups is 1. The summed E-state index contributed by atoms with van der Waals surface area (Å²) in [5.74, 6) is -0.0827. The second-order valence-corrected chi connectivity index (χ2v) is 6.69. The topological polar surface area (TPSA) is 108 Å². The maximum Gasteiger partial charge on any atom is 0.338 e. The third-order valence-corrected chi connectivity index (χ3v) is 4.47. The number of aromatic nitrogens is 2. The molecule has 2 N–H and O–H groups in total. The van der Waals surface area contributed by atoms with E-state index in [2.05, 4.69) is 16.9 Å². The van der Waals surface area contributed by atoms with Crippen molar-refractivity contribution in [3.63, 3.8) is 0 Å². The average molecular weight is 405 g/mol. The molecule has 0 atom stereocenters. The molecule has 1 aromatic heterocycles. The second kappa shape index (κ2) is 10.1. The van der Waals surface area contributed by atoms with Crippen LogP contribution in [0.3, 0.4) is 0 Å². The van der Waals surface area contributed by atoms with Crippen molar-refractivity contribution < 1.29 is 19.4 Å². The lowest BCUT2D eigenvalue weighted by molar-refractivity contribution is 0.0502. The number of rotatable bonds is 9. The van der Waals surface area contributed by atoms with Gasteiger partial charge in [0.2, 0.25) is 0 Å². The number of hydrogen-bond acceptors (Lipinski definition) is 6. The Bertz CT molecular complexity index is 1040. The highest BCUT2D eigenvalue weighted by Crippen LogP contribution is 2.19. The van der Waals surface area contributed by atoms with Crippen molar-refractivity contribution in [2.45, 2.75) is 26.2 Å². The summed E-state index contributed by atoms with van der Waals surface area (Å²) in [6, 6.07) is 15.8. The molecule has 0 amide bonds. The Hall–Kier alpha value is -3.79. The normalized spacial score (nSPS) is 11.6. The number of unbranched alkanes of at least 4 members (excludes halogenated alkanes) is 2. The van der Waals surface area contributed by atoms with Gasteiger partial charge in [-0.2, -0.15) is 5.26 Å². The lowest BCUT2D eigenvalue weighted by atomic mass is 10.2. The molecule has 0 saturated heterocycles. The minimum absolute atomic E-state index is 0.0742. The molecular formula is C23H23N3O4. The molecule has 3 aromatic rings. The van der Waals surface area contributed by atoms with E-state index in [9.17, 15) is 15.2 Å². The maximum absolute atomic E-state index is 12.2. The zero-order valence-electron chi connectivity index (χ0n) is 16.7. The molecule has 0 aliphatic rings. The fraction of sp³-hybridized carbons (Fsp3) is 0.261. The number of esters is 1. The number of aliphatic hydroxyl groups is 1. The van der Waals surface area contributed by atoms with Gasteiger partial charge in [-0.15, -0.1) is 0 Å². The summed E-state index contributed by atoms with van der Waals surface area (Å²) in [6.07, 6.45) is 3.22. The summed E-state index contributed by atoms with van der Waals surface area (Å²) in [5, 5.41) is 19.7. The van der Waals surface area contributed by atoms with Crippen LogP contribution in [0.25, 0.3) is 16.6 Å². The molecule has 0 fully saturated rings. The number of carbonyl (C=O) groups excluding carboxylic acids is 1. The van der Waals surface area contributed by atoms with Crippen LogP contribution in [0.5, 0.6) is 5.75 Å². The Kier molecular flexibility index (Phi) is 7.06. The minimum atomic E-state index is -0.610. The number of imidazole rings is 1. The molecule has 2 aromatic carbocycles. The fourth-order valence-electron chi connectivity index (χ4n) is 2.84. The van der Waals surface area contributed by atoms with Gasteiger partial charge in [-0.05, 0) is 42.8 Å². The van der Waals surface area contributed by atoms with Gasteiger partial charge >= 0.3 is 5.97 Å². The van der Waals surface area contributed by atoms with E-state index in [4.69, 9.17) is 9.47 Å². The van der Waals surface area contributed by atoms with Gasteiger partial charge in [0.25, 0.3) is 0 Å². The molecule has 7 nitrogen and oxygen atoms in total. The van der Waals surface area contributed by atoms with Gasteiger partial charge in [0.15, 0.2) is 11.6 Å². The molecule has 154 valence electrons. The monoisotopic (exact) mass is 405 g/mol. The van der Waals surface area contributed by atoms with Gasteiger partial charge in [0.1, 0.15) is 24.0 Å². The van der Waals surface area contributed by atoms with E-state index >= 15 is 0 Å². The van der Waals surface area contributed by atoms with Crippen molar-refractivity contribution in [2.24, 2.45) is 0 Å². The first-order chi connectivity index (χ1) is 14.6. The Balaban J connectivity index is 1.61. The van der Waals surface area contributed by atoms with Crippen molar-refractivity contribution in [1.29, 1.82) is 5.26 Å². The number of fused-ring (bicyclic) bond motifs is 1. The highest BCUT2D eigenvalue weighted by Gasteiger charge is 2.15. The first-order valence-electron chi connectivity index (χ1n) is 9.79. The number of para-hydroxylation sites is 2. The van der Waals surface area contributed by atoms with Crippen molar-refractivity contribution in [2.75, 3.05) is 13.2 Å². The van der Waals surface area contributed by atoms with Gasteiger partial charge in [0.05, 0.1) is 23.2 Å². The lowest BCUT2D eigenvalue weighted by Gasteiger charge is -2.08. The predicted molar refractivity (Wildman–Crippen MR) is 113 cm³/mol. The molecule has 0 unspecified atom stereocenters. The highest BCUT2D eigenvalue weighted by atomic mass is 16.5. The summed E-state index contributed by atoms with van der Waals surface area (Å²) < 4.78 is 10.8. The van der Waals surface area contributed by atoms with Gasteiger partial charge in [-0.3, -0.25) is 0 Å². The van der Waals surface area contributed by atoms with Crippen LogP contribution in [0.1, 0.15) is 42.4 Å². The number of aliphatic hydroxyl groups excluding tert-OH is 1. The van der Waals surface area contributed by atoms with Crippen LogP contribution >= 0.6 is 0 Å². The third-order valence-electron chi connectivity index (χ3n) is 4.47. The van der Waals surface area contributed by atoms with Crippen molar-refractivity contribution in [3.8, 4) is 11.8 Å². The van der Waals surface area contributed by atoms with Crippen LogP contribution in [0.15, 0.2) is 54.3 Å². The van der Waals surface area contributed by atoms with Crippen LogP contribution in [-0.4, -0.2) is 34.3 Å². The van der Waals surface area contributed by atoms with Gasteiger partial charge in [-0.1, -0.05) is 31.9 Å². The Morgan fingerprint density at radius 2 is 1.93 bits per heavy atom. The molecule has 1 heterocycles. The predicted octanol–water partition coefficient (Wildman–Crippen LogP) is 4.78. The molecule has 0 bridgehead atoms. The first-order valence-corrected chi connectivity index (χ1v) is 9.79. The van der Waals surface area contributed by atoms with E-state index in [1.54, 1.807) is 30.3 Å². The van der Waals surface area contributed by atoms with E-state index in [1.165, 1.54) is 0 Å². The number of allylic oxidation sites excluding steroid dienone is 1. The van der Waals surface area contributed by atoms with E-state index < -0.39 is 12.6 Å². The van der Waals surface area contributed by atoms with Crippen LogP contribution in [-0.2, 0) is 4.74 Å². The Labute approximate surface area is 174 Å². The molecule has 0 aliphatic carbocycles. The second-order valence-electron chi connectivity index (χ2n) is 6.69. The van der Waals surface area contributed by atoms with E-state index in [-0.39, 0.29) is 17.2 Å². The third kappa shape index (κ3) is 5.17. The smallest absolute Gasteiger partial charge is 0.338 e. The number of nitriles is 1. The van der Waals surface area contributed by atoms with Crippen LogP contribution in [0.2, 0.25) is 0 Å². The lowest BCUT2D eigenvalue weighted by Crippen LogP contribution is -2.09. The summed E-state index contributed by atoms with van der Waals surface area (Å²) in [5.41, 5.74) is 1.66. The van der Waals surface area contributed by atoms with Crippen molar-refractivity contribution in [1.82, 2.24) is 9.97 Å². The number of nitrogens with zero attached hydrogens (tertiary/aromatic N) is 2. The summed E-state index contributed by atoms with van der Waals surface area (Å²) >= 11 is 0. The van der Waals surface area contributed by atoms with Crippen LogP contribution in [0.4, 0.5) is 0 Å². The Morgan fingerprint density at radius 3 is 2.63 bits per heavy atom. The zero-order chi connectivity index (χ0) is 21.3. The molecule has 3 rings (SSSR count). The fourth-order valence-corrected chi connectivity index (χ4v) is 2.84. The number of hydrogen-bond donors (Lipinski definition) is 2. The molecule has 0 aliphatic heterocycles. The SMILES string of the molecule is CCCCCOc1ccc(C(=O)OCC(O)=C(C#N)c2nc3ccccc3[nH]2)cc1. The summed E-state index contributed by atoms with van der Waals surface area (Å²) in [4.78, 5) is 19.5. The number of benzene rings is 2. The largest absolute Gasteiger partial charge is 0.507 e. The van der Waals surface area contributed by atoms with Gasteiger partial charge < -0.3 is 19.6 Å². The molecule has 0 spiro atoms. The number of aromatic amines is 1. The summed E-state index contributed by atoms with van der Waals surface area (Å²) in [6.45, 7) is 2.33. The van der Waals surface area contributed by atoms with Crippen LogP contribution in [0, 0.1) is 11.3 Å². The van der Waals surface area contributed by atoms with Crippen LogP contribution < -0.4 is 4.74 Å². The molecule has 7 heteroatoms. The first kappa shape index (κ1) is 20.9.